The van der Waals surface area contributed by atoms with E-state index in [9.17, 15) is 13.2 Å². The number of ether oxygens (including phenoxy) is 1. The summed E-state index contributed by atoms with van der Waals surface area (Å²) in [4.78, 5) is 14.6. The van der Waals surface area contributed by atoms with E-state index in [1.807, 2.05) is 72.8 Å². The van der Waals surface area contributed by atoms with Crippen molar-refractivity contribution in [2.24, 2.45) is 0 Å². The van der Waals surface area contributed by atoms with Crippen molar-refractivity contribution in [3.63, 3.8) is 0 Å². The molecular formula is C23H23NO4S. The van der Waals surface area contributed by atoms with Gasteiger partial charge in [0.05, 0.1) is 11.5 Å². The lowest BCUT2D eigenvalue weighted by molar-refractivity contribution is -0.136. The molecule has 1 aliphatic heterocycles. The molecule has 0 spiro atoms. The summed E-state index contributed by atoms with van der Waals surface area (Å²) >= 11 is 0. The molecule has 1 fully saturated rings. The summed E-state index contributed by atoms with van der Waals surface area (Å²) in [5.74, 6) is 0.559. The molecule has 0 unspecified atom stereocenters. The Morgan fingerprint density at radius 2 is 1.69 bits per heavy atom. The highest BCUT2D eigenvalue weighted by atomic mass is 32.2. The van der Waals surface area contributed by atoms with Gasteiger partial charge in [-0.1, -0.05) is 60.7 Å². The minimum absolute atomic E-state index is 0.0154. The SMILES string of the molecule is O=C(COc1ccc2ccccc2c1)N(Cc1ccccc1)[C@H]1CCS(=O)(=O)C1. The van der Waals surface area contributed by atoms with Crippen molar-refractivity contribution in [3.8, 4) is 5.75 Å². The first kappa shape index (κ1) is 19.5. The van der Waals surface area contributed by atoms with Gasteiger partial charge in [-0.15, -0.1) is 0 Å². The van der Waals surface area contributed by atoms with Crippen LogP contribution in [-0.4, -0.2) is 43.4 Å². The molecule has 0 N–H and O–H groups in total. The van der Waals surface area contributed by atoms with Gasteiger partial charge in [-0.05, 0) is 34.9 Å². The Labute approximate surface area is 170 Å². The predicted octanol–water partition coefficient (Wildman–Crippen LogP) is 3.43. The van der Waals surface area contributed by atoms with Crippen molar-refractivity contribution in [1.82, 2.24) is 4.90 Å². The average Bonchev–Trinajstić information content (AvgIpc) is 3.10. The molecule has 0 radical (unpaired) electrons. The highest BCUT2D eigenvalue weighted by Gasteiger charge is 2.34. The van der Waals surface area contributed by atoms with Gasteiger partial charge in [0.1, 0.15) is 5.75 Å². The number of carbonyl (C=O) groups excluding carboxylic acids is 1. The van der Waals surface area contributed by atoms with Crippen LogP contribution in [-0.2, 0) is 21.2 Å². The van der Waals surface area contributed by atoms with Crippen molar-refractivity contribution in [1.29, 1.82) is 0 Å². The van der Waals surface area contributed by atoms with E-state index in [-0.39, 0.29) is 30.1 Å². The highest BCUT2D eigenvalue weighted by molar-refractivity contribution is 7.91. The van der Waals surface area contributed by atoms with Crippen molar-refractivity contribution in [3.05, 3.63) is 78.4 Å². The summed E-state index contributed by atoms with van der Waals surface area (Å²) in [6.45, 7) is 0.253. The third-order valence-corrected chi connectivity index (χ3v) is 7.00. The van der Waals surface area contributed by atoms with Crippen LogP contribution >= 0.6 is 0 Å². The van der Waals surface area contributed by atoms with E-state index in [1.54, 1.807) is 4.90 Å². The molecule has 1 aliphatic rings. The van der Waals surface area contributed by atoms with E-state index in [0.29, 0.717) is 18.7 Å². The van der Waals surface area contributed by atoms with E-state index in [0.717, 1.165) is 16.3 Å². The second kappa shape index (κ2) is 8.25. The summed E-state index contributed by atoms with van der Waals surface area (Å²) in [5.41, 5.74) is 0.968. The van der Waals surface area contributed by atoms with Gasteiger partial charge >= 0.3 is 0 Å². The van der Waals surface area contributed by atoms with E-state index < -0.39 is 9.84 Å². The summed E-state index contributed by atoms with van der Waals surface area (Å²) in [6.07, 6.45) is 0.469. The predicted molar refractivity (Wildman–Crippen MR) is 113 cm³/mol. The normalized spacial score (nSPS) is 17.9. The zero-order chi connectivity index (χ0) is 20.3. The maximum absolute atomic E-state index is 13.0. The fraction of sp³-hybridized carbons (Fsp3) is 0.261. The van der Waals surface area contributed by atoms with E-state index in [1.165, 1.54) is 0 Å². The molecule has 3 aromatic rings. The fourth-order valence-electron chi connectivity index (χ4n) is 3.71. The standard InChI is InChI=1S/C23H23NO4S/c25-23(16-28-22-11-10-19-8-4-5-9-20(19)14-22)24(15-18-6-2-1-3-7-18)21-12-13-29(26,27)17-21/h1-11,14,21H,12-13,15-17H2/t21-/m0/s1. The maximum atomic E-state index is 13.0. The number of benzene rings is 3. The molecule has 1 amide bonds. The van der Waals surface area contributed by atoms with Crippen molar-refractivity contribution >= 4 is 26.5 Å². The lowest BCUT2D eigenvalue weighted by Crippen LogP contribution is -2.43. The van der Waals surface area contributed by atoms with Crippen LogP contribution in [0.25, 0.3) is 10.8 Å². The molecule has 29 heavy (non-hydrogen) atoms. The Morgan fingerprint density at radius 3 is 2.41 bits per heavy atom. The summed E-state index contributed by atoms with van der Waals surface area (Å²) in [6, 6.07) is 23.0. The minimum atomic E-state index is -3.09. The van der Waals surface area contributed by atoms with E-state index >= 15 is 0 Å². The van der Waals surface area contributed by atoms with E-state index in [2.05, 4.69) is 0 Å². The lowest BCUT2D eigenvalue weighted by atomic mass is 10.1. The highest BCUT2D eigenvalue weighted by Crippen LogP contribution is 2.23. The second-order valence-corrected chi connectivity index (χ2v) is 9.59. The zero-order valence-corrected chi connectivity index (χ0v) is 16.8. The van der Waals surface area contributed by atoms with Crippen LogP contribution in [0.5, 0.6) is 5.75 Å². The molecule has 0 aliphatic carbocycles. The van der Waals surface area contributed by atoms with Gasteiger partial charge in [0, 0.05) is 12.6 Å². The molecule has 0 saturated carbocycles. The second-order valence-electron chi connectivity index (χ2n) is 7.36. The molecular weight excluding hydrogens is 386 g/mol. The molecule has 0 aromatic heterocycles. The summed E-state index contributed by atoms with van der Waals surface area (Å²) in [5, 5.41) is 2.15. The van der Waals surface area contributed by atoms with E-state index in [4.69, 9.17) is 4.74 Å². The first-order chi connectivity index (χ1) is 14.0. The van der Waals surface area contributed by atoms with Crippen LogP contribution in [0.4, 0.5) is 0 Å². The molecule has 4 rings (SSSR count). The topological polar surface area (TPSA) is 63.7 Å². The number of fused-ring (bicyclic) bond motifs is 1. The first-order valence-electron chi connectivity index (χ1n) is 9.66. The van der Waals surface area contributed by atoms with Gasteiger partial charge in [-0.25, -0.2) is 8.42 Å². The van der Waals surface area contributed by atoms with Crippen LogP contribution in [0, 0.1) is 0 Å². The van der Waals surface area contributed by atoms with Crippen molar-refractivity contribution in [2.75, 3.05) is 18.1 Å². The van der Waals surface area contributed by atoms with Crippen LogP contribution in [0.15, 0.2) is 72.8 Å². The monoisotopic (exact) mass is 409 g/mol. The van der Waals surface area contributed by atoms with Gasteiger partial charge in [0.15, 0.2) is 16.4 Å². The Bertz CT molecular complexity index is 1110. The lowest BCUT2D eigenvalue weighted by Gasteiger charge is -2.28. The molecule has 0 bridgehead atoms. The smallest absolute Gasteiger partial charge is 0.261 e. The van der Waals surface area contributed by atoms with Gasteiger partial charge < -0.3 is 9.64 Å². The Morgan fingerprint density at radius 1 is 0.966 bits per heavy atom. The minimum Gasteiger partial charge on any atom is -0.484 e. The van der Waals surface area contributed by atoms with Gasteiger partial charge in [-0.2, -0.15) is 0 Å². The quantitative estimate of drug-likeness (QED) is 0.626. The largest absolute Gasteiger partial charge is 0.484 e. The average molecular weight is 410 g/mol. The molecule has 1 heterocycles. The number of hydrogen-bond acceptors (Lipinski definition) is 4. The molecule has 5 nitrogen and oxygen atoms in total. The van der Waals surface area contributed by atoms with Crippen LogP contribution in [0.2, 0.25) is 0 Å². The number of carbonyl (C=O) groups is 1. The number of sulfone groups is 1. The zero-order valence-electron chi connectivity index (χ0n) is 16.0. The Hall–Kier alpha value is -2.86. The van der Waals surface area contributed by atoms with Crippen molar-refractivity contribution in [2.45, 2.75) is 19.0 Å². The summed E-state index contributed by atoms with van der Waals surface area (Å²) in [7, 11) is -3.09. The van der Waals surface area contributed by atoms with Crippen molar-refractivity contribution < 1.29 is 17.9 Å². The number of nitrogens with zero attached hydrogens (tertiary/aromatic N) is 1. The third kappa shape index (κ3) is 4.77. The molecule has 1 atom stereocenters. The Balaban J connectivity index is 1.49. The fourth-order valence-corrected chi connectivity index (χ4v) is 5.44. The van der Waals surface area contributed by atoms with Crippen LogP contribution in [0.1, 0.15) is 12.0 Å². The van der Waals surface area contributed by atoms with Crippen LogP contribution < -0.4 is 4.74 Å². The summed E-state index contributed by atoms with van der Waals surface area (Å²) < 4.78 is 29.7. The number of rotatable bonds is 6. The molecule has 1 saturated heterocycles. The number of hydrogen-bond donors (Lipinski definition) is 0. The van der Waals surface area contributed by atoms with Gasteiger partial charge in [0.2, 0.25) is 0 Å². The first-order valence-corrected chi connectivity index (χ1v) is 11.5. The van der Waals surface area contributed by atoms with Crippen LogP contribution in [0.3, 0.4) is 0 Å². The third-order valence-electron chi connectivity index (χ3n) is 5.25. The maximum Gasteiger partial charge on any atom is 0.261 e. The number of amides is 1. The molecule has 150 valence electrons. The molecule has 3 aromatic carbocycles. The Kier molecular flexibility index (Phi) is 5.53. The van der Waals surface area contributed by atoms with Gasteiger partial charge in [-0.3, -0.25) is 4.79 Å². The van der Waals surface area contributed by atoms with Gasteiger partial charge in [0.25, 0.3) is 5.91 Å². The molecule has 6 heteroatoms.